The standard InChI is InChI=1S/C23H30Cl2FN5/c1-23(29-22-27-15-18(26)16-28-22)8-5-17(6-9-23)7-10-30-11-13-31(14-12-30)20-4-2-3-19(24)21(20)25/h2-4,15-17H,5-14H2,1H3,(H,27,28,29). The number of piperazine rings is 1. The summed E-state index contributed by atoms with van der Waals surface area (Å²) in [6, 6.07) is 5.85. The Bertz CT molecular complexity index is 863. The van der Waals surface area contributed by atoms with Crippen LogP contribution in [0.5, 0.6) is 0 Å². The Balaban J connectivity index is 1.19. The van der Waals surface area contributed by atoms with Gasteiger partial charge in [0.05, 0.1) is 28.1 Å². The highest BCUT2D eigenvalue weighted by molar-refractivity contribution is 6.43. The Morgan fingerprint density at radius 3 is 2.45 bits per heavy atom. The van der Waals surface area contributed by atoms with Gasteiger partial charge in [0.25, 0.3) is 0 Å². The van der Waals surface area contributed by atoms with Gasteiger partial charge in [-0.2, -0.15) is 0 Å². The summed E-state index contributed by atoms with van der Waals surface area (Å²) >= 11 is 12.6. The lowest BCUT2D eigenvalue weighted by molar-refractivity contribution is 0.202. The van der Waals surface area contributed by atoms with Gasteiger partial charge in [-0.15, -0.1) is 0 Å². The molecule has 1 saturated heterocycles. The van der Waals surface area contributed by atoms with Crippen molar-refractivity contribution in [1.29, 1.82) is 0 Å². The molecule has 1 aliphatic carbocycles. The summed E-state index contributed by atoms with van der Waals surface area (Å²) in [7, 11) is 0. The number of benzene rings is 1. The van der Waals surface area contributed by atoms with Crippen LogP contribution in [0.25, 0.3) is 0 Å². The molecule has 2 aliphatic rings. The monoisotopic (exact) mass is 465 g/mol. The summed E-state index contributed by atoms with van der Waals surface area (Å²) in [6.45, 7) is 7.42. The average Bonchev–Trinajstić information content (AvgIpc) is 2.77. The minimum absolute atomic E-state index is 0.0177. The Labute approximate surface area is 194 Å². The maximum Gasteiger partial charge on any atom is 0.223 e. The topological polar surface area (TPSA) is 44.3 Å². The molecule has 1 aromatic heterocycles. The van der Waals surface area contributed by atoms with Crippen molar-refractivity contribution in [2.24, 2.45) is 5.92 Å². The second-order valence-electron chi connectivity index (χ2n) is 9.04. The molecule has 8 heteroatoms. The van der Waals surface area contributed by atoms with Crippen LogP contribution in [0.2, 0.25) is 10.0 Å². The van der Waals surface area contributed by atoms with Crippen LogP contribution in [0.1, 0.15) is 39.0 Å². The second-order valence-corrected chi connectivity index (χ2v) is 9.83. The number of nitrogens with one attached hydrogen (secondary N) is 1. The lowest BCUT2D eigenvalue weighted by Crippen LogP contribution is -2.47. The SMILES string of the molecule is CC1(Nc2ncc(F)cn2)CCC(CCN2CCN(c3cccc(Cl)c3Cl)CC2)CC1. The molecule has 5 nitrogen and oxygen atoms in total. The molecule has 0 atom stereocenters. The van der Waals surface area contributed by atoms with Crippen LogP contribution in [0, 0.1) is 11.7 Å². The van der Waals surface area contributed by atoms with E-state index >= 15 is 0 Å². The maximum atomic E-state index is 13.0. The minimum Gasteiger partial charge on any atom is -0.368 e. The summed E-state index contributed by atoms with van der Waals surface area (Å²) in [6.07, 6.45) is 8.22. The highest BCUT2D eigenvalue weighted by atomic mass is 35.5. The van der Waals surface area contributed by atoms with Crippen molar-refractivity contribution < 1.29 is 4.39 Å². The Kier molecular flexibility index (Phi) is 7.19. The van der Waals surface area contributed by atoms with Crippen LogP contribution < -0.4 is 10.2 Å². The molecule has 0 amide bonds. The van der Waals surface area contributed by atoms with E-state index in [0.717, 1.165) is 57.2 Å². The summed E-state index contributed by atoms with van der Waals surface area (Å²) in [4.78, 5) is 13.0. The van der Waals surface area contributed by atoms with Crippen molar-refractivity contribution >= 4 is 34.8 Å². The Morgan fingerprint density at radius 2 is 1.77 bits per heavy atom. The molecule has 2 fully saturated rings. The van der Waals surface area contributed by atoms with E-state index in [0.29, 0.717) is 16.0 Å². The smallest absolute Gasteiger partial charge is 0.223 e. The van der Waals surface area contributed by atoms with E-state index in [1.165, 1.54) is 31.7 Å². The zero-order valence-electron chi connectivity index (χ0n) is 18.0. The minimum atomic E-state index is -0.407. The van der Waals surface area contributed by atoms with E-state index in [1.54, 1.807) is 0 Å². The van der Waals surface area contributed by atoms with Gasteiger partial charge in [-0.25, -0.2) is 14.4 Å². The van der Waals surface area contributed by atoms with Gasteiger partial charge >= 0.3 is 0 Å². The Morgan fingerprint density at radius 1 is 1.10 bits per heavy atom. The number of aromatic nitrogens is 2. The van der Waals surface area contributed by atoms with Gasteiger partial charge in [0.15, 0.2) is 5.82 Å². The van der Waals surface area contributed by atoms with Crippen LogP contribution in [0.3, 0.4) is 0 Å². The quantitative estimate of drug-likeness (QED) is 0.610. The Hall–Kier alpha value is -1.63. The summed E-state index contributed by atoms with van der Waals surface area (Å²) in [5.74, 6) is 0.861. The van der Waals surface area contributed by atoms with Gasteiger partial charge in [0.1, 0.15) is 0 Å². The molecular formula is C23H30Cl2FN5. The van der Waals surface area contributed by atoms with Gasteiger partial charge in [0, 0.05) is 31.7 Å². The first-order valence-corrected chi connectivity index (χ1v) is 11.8. The largest absolute Gasteiger partial charge is 0.368 e. The van der Waals surface area contributed by atoms with E-state index < -0.39 is 5.82 Å². The lowest BCUT2D eigenvalue weighted by Gasteiger charge is -2.40. The number of hydrogen-bond donors (Lipinski definition) is 1. The van der Waals surface area contributed by atoms with Crippen molar-refractivity contribution in [2.75, 3.05) is 42.9 Å². The van der Waals surface area contributed by atoms with E-state index in [-0.39, 0.29) is 5.54 Å². The lowest BCUT2D eigenvalue weighted by atomic mass is 9.76. The van der Waals surface area contributed by atoms with Gasteiger partial charge in [0.2, 0.25) is 5.95 Å². The van der Waals surface area contributed by atoms with Crippen molar-refractivity contribution in [3.8, 4) is 0 Å². The number of rotatable bonds is 6. The first-order chi connectivity index (χ1) is 14.9. The summed E-state index contributed by atoms with van der Waals surface area (Å²) in [5.41, 5.74) is 1.02. The molecule has 2 aromatic rings. The van der Waals surface area contributed by atoms with Crippen molar-refractivity contribution in [1.82, 2.24) is 14.9 Å². The molecule has 1 aliphatic heterocycles. The molecular weight excluding hydrogens is 436 g/mol. The molecule has 0 bridgehead atoms. The molecule has 1 aromatic carbocycles. The zero-order valence-corrected chi connectivity index (χ0v) is 19.5. The van der Waals surface area contributed by atoms with Gasteiger partial charge in [-0.1, -0.05) is 29.3 Å². The van der Waals surface area contributed by atoms with E-state index in [1.807, 2.05) is 18.2 Å². The van der Waals surface area contributed by atoms with E-state index in [2.05, 4.69) is 32.0 Å². The first-order valence-electron chi connectivity index (χ1n) is 11.1. The predicted molar refractivity (Wildman–Crippen MR) is 126 cm³/mol. The number of anilines is 2. The molecule has 1 N–H and O–H groups in total. The highest BCUT2D eigenvalue weighted by Crippen LogP contribution is 2.36. The van der Waals surface area contributed by atoms with Gasteiger partial charge in [-0.3, -0.25) is 4.90 Å². The van der Waals surface area contributed by atoms with Crippen molar-refractivity contribution in [3.63, 3.8) is 0 Å². The fourth-order valence-electron chi connectivity index (χ4n) is 4.69. The molecule has 0 spiro atoms. The second kappa shape index (κ2) is 9.88. The fourth-order valence-corrected chi connectivity index (χ4v) is 5.10. The van der Waals surface area contributed by atoms with Gasteiger partial charge < -0.3 is 10.2 Å². The fraction of sp³-hybridized carbons (Fsp3) is 0.565. The van der Waals surface area contributed by atoms with Crippen molar-refractivity contribution in [2.45, 2.75) is 44.6 Å². The molecule has 4 rings (SSSR count). The summed E-state index contributed by atoms with van der Waals surface area (Å²) < 4.78 is 13.0. The van der Waals surface area contributed by atoms with E-state index in [9.17, 15) is 4.39 Å². The van der Waals surface area contributed by atoms with Crippen LogP contribution >= 0.6 is 23.2 Å². The molecule has 0 radical (unpaired) electrons. The van der Waals surface area contributed by atoms with Crippen LogP contribution in [-0.4, -0.2) is 53.1 Å². The summed E-state index contributed by atoms with van der Waals surface area (Å²) in [5, 5.41) is 4.69. The first kappa shape index (κ1) is 22.6. The zero-order chi connectivity index (χ0) is 21.8. The number of halogens is 3. The van der Waals surface area contributed by atoms with Gasteiger partial charge in [-0.05, 0) is 63.6 Å². The van der Waals surface area contributed by atoms with Crippen molar-refractivity contribution in [3.05, 3.63) is 46.5 Å². The van der Waals surface area contributed by atoms with E-state index in [4.69, 9.17) is 23.2 Å². The molecule has 2 heterocycles. The molecule has 0 unspecified atom stereocenters. The highest BCUT2D eigenvalue weighted by Gasteiger charge is 2.32. The van der Waals surface area contributed by atoms with Crippen LogP contribution in [0.4, 0.5) is 16.0 Å². The number of hydrogen-bond acceptors (Lipinski definition) is 5. The molecule has 1 saturated carbocycles. The molecule has 31 heavy (non-hydrogen) atoms. The number of nitrogens with zero attached hydrogens (tertiary/aromatic N) is 4. The van der Waals surface area contributed by atoms with Crippen LogP contribution in [0.15, 0.2) is 30.6 Å². The van der Waals surface area contributed by atoms with Crippen LogP contribution in [-0.2, 0) is 0 Å². The maximum absolute atomic E-state index is 13.0. The normalized spacial score (nSPS) is 24.9. The third kappa shape index (κ3) is 5.79. The predicted octanol–water partition coefficient (Wildman–Crippen LogP) is 5.50. The third-order valence-electron chi connectivity index (χ3n) is 6.74. The third-order valence-corrected chi connectivity index (χ3v) is 7.55. The average molecular weight is 466 g/mol. The molecule has 168 valence electrons.